The molecule has 0 amide bonds. The van der Waals surface area contributed by atoms with Crippen LogP contribution in [0, 0.1) is 0 Å². The Kier molecular flexibility index (Phi) is 5.31. The van der Waals surface area contributed by atoms with Crippen LogP contribution in [0.4, 0.5) is 11.4 Å². The van der Waals surface area contributed by atoms with Gasteiger partial charge in [0.15, 0.2) is 0 Å². The van der Waals surface area contributed by atoms with Crippen LogP contribution in [0.15, 0.2) is 52.9 Å². The lowest BCUT2D eigenvalue weighted by Gasteiger charge is -2.14. The lowest BCUT2D eigenvalue weighted by Crippen LogP contribution is -2.07. The summed E-state index contributed by atoms with van der Waals surface area (Å²) in [4.78, 5) is 0. The van der Waals surface area contributed by atoms with Crippen molar-refractivity contribution in [1.82, 2.24) is 0 Å². The molecular weight excluding hydrogens is 340 g/mol. The Morgan fingerprint density at radius 3 is 1.44 bits per heavy atom. The number of furan rings is 1. The molecule has 0 unspecified atom stereocenters. The minimum atomic E-state index is 0.0307. The second-order valence-electron chi connectivity index (χ2n) is 7.01. The first-order valence-electron chi connectivity index (χ1n) is 9.06. The maximum Gasteiger partial charge on any atom is 0.138 e. The van der Waals surface area contributed by atoms with Crippen LogP contribution in [0.3, 0.4) is 0 Å². The van der Waals surface area contributed by atoms with Crippen molar-refractivity contribution in [3.05, 3.63) is 48.5 Å². The third kappa shape index (κ3) is 4.37. The minimum Gasteiger partial charge on any atom is -0.490 e. The fourth-order valence-corrected chi connectivity index (χ4v) is 2.82. The predicted octanol–water partition coefficient (Wildman–Crippen LogP) is 5.35. The molecule has 0 saturated carbocycles. The summed E-state index contributed by atoms with van der Waals surface area (Å²) < 4.78 is 18.0. The lowest BCUT2D eigenvalue weighted by molar-refractivity contribution is 0.243. The first-order valence-corrected chi connectivity index (χ1v) is 9.06. The van der Waals surface area contributed by atoms with Crippen molar-refractivity contribution in [2.75, 3.05) is 11.5 Å². The average Bonchev–Trinajstić information content (AvgIpc) is 3.03. The van der Waals surface area contributed by atoms with Gasteiger partial charge in [-0.25, -0.2) is 0 Å². The fourth-order valence-electron chi connectivity index (χ4n) is 2.82. The Morgan fingerprint density at radius 2 is 1.07 bits per heavy atom. The number of nitrogens with two attached hydrogens (primary N) is 2. The van der Waals surface area contributed by atoms with E-state index >= 15 is 0 Å². The third-order valence-corrected chi connectivity index (χ3v) is 3.87. The summed E-state index contributed by atoms with van der Waals surface area (Å²) in [6.45, 7) is 7.91. The highest BCUT2D eigenvalue weighted by molar-refractivity contribution is 5.74. The van der Waals surface area contributed by atoms with E-state index in [0.717, 1.165) is 11.1 Å². The van der Waals surface area contributed by atoms with Crippen molar-refractivity contribution in [2.45, 2.75) is 39.9 Å². The zero-order valence-electron chi connectivity index (χ0n) is 16.2. The van der Waals surface area contributed by atoms with Gasteiger partial charge in [-0.3, -0.25) is 0 Å². The maximum absolute atomic E-state index is 6.14. The Labute approximate surface area is 159 Å². The molecule has 5 heteroatoms. The summed E-state index contributed by atoms with van der Waals surface area (Å²) in [5, 5.41) is 0. The van der Waals surface area contributed by atoms with Crippen LogP contribution < -0.4 is 20.9 Å². The number of hydrogen-bond acceptors (Lipinski definition) is 5. The summed E-state index contributed by atoms with van der Waals surface area (Å²) >= 11 is 0. The van der Waals surface area contributed by atoms with Crippen LogP contribution in [0.1, 0.15) is 27.7 Å². The van der Waals surface area contributed by atoms with Crippen LogP contribution in [0.5, 0.6) is 11.5 Å². The van der Waals surface area contributed by atoms with Crippen molar-refractivity contribution in [3.8, 4) is 34.1 Å². The summed E-state index contributed by atoms with van der Waals surface area (Å²) in [7, 11) is 0. The molecule has 27 heavy (non-hydrogen) atoms. The highest BCUT2D eigenvalue weighted by Gasteiger charge is 2.16. The third-order valence-electron chi connectivity index (χ3n) is 3.87. The van der Waals surface area contributed by atoms with E-state index in [1.807, 2.05) is 76.2 Å². The first-order chi connectivity index (χ1) is 12.8. The second-order valence-corrected chi connectivity index (χ2v) is 7.01. The Morgan fingerprint density at radius 1 is 0.667 bits per heavy atom. The van der Waals surface area contributed by atoms with E-state index in [4.69, 9.17) is 25.4 Å². The van der Waals surface area contributed by atoms with Gasteiger partial charge >= 0.3 is 0 Å². The molecule has 3 rings (SSSR count). The topological polar surface area (TPSA) is 83.6 Å². The van der Waals surface area contributed by atoms with Crippen LogP contribution in [0.2, 0.25) is 0 Å². The van der Waals surface area contributed by atoms with Crippen LogP contribution >= 0.6 is 0 Å². The molecule has 1 aromatic heterocycles. The SMILES string of the molecule is CC(C)Oc1cc(N)ccc1-c1ccc(-c2ccc(N)cc2OC(C)C)o1. The molecule has 0 radical (unpaired) electrons. The molecule has 0 aliphatic rings. The van der Waals surface area contributed by atoms with Crippen molar-refractivity contribution < 1.29 is 13.9 Å². The number of benzene rings is 2. The highest BCUT2D eigenvalue weighted by Crippen LogP contribution is 2.39. The van der Waals surface area contributed by atoms with Gasteiger partial charge in [0.25, 0.3) is 0 Å². The molecule has 0 atom stereocenters. The Hall–Kier alpha value is -3.08. The largest absolute Gasteiger partial charge is 0.490 e. The van der Waals surface area contributed by atoms with E-state index in [-0.39, 0.29) is 12.2 Å². The second kappa shape index (κ2) is 7.66. The fraction of sp³-hybridized carbons (Fsp3) is 0.273. The number of nitrogen functional groups attached to an aromatic ring is 2. The van der Waals surface area contributed by atoms with Crippen LogP contribution in [-0.2, 0) is 0 Å². The van der Waals surface area contributed by atoms with Crippen LogP contribution in [-0.4, -0.2) is 12.2 Å². The molecule has 0 aliphatic carbocycles. The van der Waals surface area contributed by atoms with Gasteiger partial charge in [-0.15, -0.1) is 0 Å². The van der Waals surface area contributed by atoms with Crippen molar-refractivity contribution in [3.63, 3.8) is 0 Å². The van der Waals surface area contributed by atoms with Gasteiger partial charge in [0.05, 0.1) is 23.3 Å². The zero-order valence-corrected chi connectivity index (χ0v) is 16.2. The standard InChI is InChI=1S/C22H26N2O3/c1-13(2)25-21-11-15(23)5-7-17(21)19-9-10-20(27-19)18-8-6-16(24)12-22(18)26-14(3)4/h5-14H,23-24H2,1-4H3. The highest BCUT2D eigenvalue weighted by atomic mass is 16.5. The number of anilines is 2. The molecule has 3 aromatic rings. The number of rotatable bonds is 6. The van der Waals surface area contributed by atoms with E-state index in [9.17, 15) is 0 Å². The zero-order chi connectivity index (χ0) is 19.6. The van der Waals surface area contributed by atoms with Gasteiger partial charge in [0.1, 0.15) is 23.0 Å². The maximum atomic E-state index is 6.14. The monoisotopic (exact) mass is 366 g/mol. The van der Waals surface area contributed by atoms with Gasteiger partial charge in [-0.1, -0.05) is 0 Å². The van der Waals surface area contributed by atoms with Gasteiger partial charge in [-0.2, -0.15) is 0 Å². The molecule has 0 aliphatic heterocycles. The van der Waals surface area contributed by atoms with E-state index in [1.54, 1.807) is 0 Å². The van der Waals surface area contributed by atoms with Gasteiger partial charge in [0.2, 0.25) is 0 Å². The molecule has 2 aromatic carbocycles. The van der Waals surface area contributed by atoms with Gasteiger partial charge < -0.3 is 25.4 Å². The molecule has 4 N–H and O–H groups in total. The number of ether oxygens (including phenoxy) is 2. The van der Waals surface area contributed by atoms with Crippen molar-refractivity contribution in [2.24, 2.45) is 0 Å². The van der Waals surface area contributed by atoms with E-state index in [0.29, 0.717) is 34.4 Å². The minimum absolute atomic E-state index is 0.0307. The molecule has 0 saturated heterocycles. The Bertz CT molecular complexity index is 855. The molecule has 0 bridgehead atoms. The van der Waals surface area contributed by atoms with Crippen molar-refractivity contribution >= 4 is 11.4 Å². The van der Waals surface area contributed by atoms with Crippen LogP contribution in [0.25, 0.3) is 22.6 Å². The molecule has 0 spiro atoms. The smallest absolute Gasteiger partial charge is 0.138 e. The van der Waals surface area contributed by atoms with Crippen molar-refractivity contribution in [1.29, 1.82) is 0 Å². The average molecular weight is 366 g/mol. The number of hydrogen-bond donors (Lipinski definition) is 2. The molecule has 0 fully saturated rings. The lowest BCUT2D eigenvalue weighted by atomic mass is 10.1. The molecule has 1 heterocycles. The molecule has 142 valence electrons. The first kappa shape index (κ1) is 18.7. The Balaban J connectivity index is 2.02. The summed E-state index contributed by atoms with van der Waals surface area (Å²) in [5.41, 5.74) is 14.8. The molecule has 5 nitrogen and oxygen atoms in total. The summed E-state index contributed by atoms with van der Waals surface area (Å²) in [5.74, 6) is 2.80. The summed E-state index contributed by atoms with van der Waals surface area (Å²) in [6, 6.07) is 15.0. The normalized spacial score (nSPS) is 11.2. The quantitative estimate of drug-likeness (QED) is 0.574. The van der Waals surface area contributed by atoms with E-state index < -0.39 is 0 Å². The van der Waals surface area contributed by atoms with E-state index in [1.165, 1.54) is 0 Å². The van der Waals surface area contributed by atoms with E-state index in [2.05, 4.69) is 0 Å². The van der Waals surface area contributed by atoms with Gasteiger partial charge in [0, 0.05) is 23.5 Å². The predicted molar refractivity (Wildman–Crippen MR) is 110 cm³/mol. The summed E-state index contributed by atoms with van der Waals surface area (Å²) in [6.07, 6.45) is 0.0613. The molecular formula is C22H26N2O3. The van der Waals surface area contributed by atoms with Gasteiger partial charge in [-0.05, 0) is 64.1 Å².